The van der Waals surface area contributed by atoms with Gasteiger partial charge in [-0.25, -0.2) is 4.79 Å². The van der Waals surface area contributed by atoms with Crippen molar-refractivity contribution >= 4 is 22.0 Å². The zero-order chi connectivity index (χ0) is 10.8. The molecule has 1 amide bonds. The van der Waals surface area contributed by atoms with E-state index in [-0.39, 0.29) is 10.9 Å². The van der Waals surface area contributed by atoms with Crippen LogP contribution in [0, 0.1) is 0 Å². The summed E-state index contributed by atoms with van der Waals surface area (Å²) in [6.45, 7) is 4.98. The van der Waals surface area contributed by atoms with E-state index in [0.717, 1.165) is 0 Å². The molecule has 0 saturated carbocycles. The predicted molar refractivity (Wildman–Crippen MR) is 56.6 cm³/mol. The summed E-state index contributed by atoms with van der Waals surface area (Å²) >= 11 is 3.37. The van der Waals surface area contributed by atoms with Gasteiger partial charge in [0.25, 0.3) is 0 Å². The van der Waals surface area contributed by atoms with Crippen molar-refractivity contribution in [1.82, 2.24) is 4.90 Å². The molecular formula is C9H16BrNO3. The average Bonchev–Trinajstić information content (AvgIpc) is 2.10. The van der Waals surface area contributed by atoms with E-state index in [1.54, 1.807) is 18.7 Å². The summed E-state index contributed by atoms with van der Waals surface area (Å²) in [5, 5.41) is 9.85. The van der Waals surface area contributed by atoms with Crippen molar-refractivity contribution in [3.8, 4) is 0 Å². The Morgan fingerprint density at radius 2 is 2.43 bits per heavy atom. The maximum atomic E-state index is 11.4. The third kappa shape index (κ3) is 2.60. The number of carbonyl (C=O) groups excluding carboxylic acids is 1. The summed E-state index contributed by atoms with van der Waals surface area (Å²) in [4.78, 5) is 12.9. The molecule has 1 rings (SSSR count). The van der Waals surface area contributed by atoms with Crippen LogP contribution in [0.1, 0.15) is 20.3 Å². The van der Waals surface area contributed by atoms with Crippen molar-refractivity contribution in [3.05, 3.63) is 0 Å². The van der Waals surface area contributed by atoms with Crippen LogP contribution in [0.4, 0.5) is 4.79 Å². The van der Waals surface area contributed by atoms with Gasteiger partial charge < -0.3 is 14.7 Å². The first-order valence-corrected chi connectivity index (χ1v) is 5.67. The molecule has 1 N–H and O–H groups in total. The Labute approximate surface area is 92.3 Å². The molecule has 1 saturated heterocycles. The minimum absolute atomic E-state index is 0.0897. The number of alkyl halides is 1. The standard InChI is InChI=1S/C9H16BrNO3/c1-3-14-8(12)11-5-4-9(2,13)7(10)6-11/h7,13H,3-6H2,1-2H3. The van der Waals surface area contributed by atoms with Gasteiger partial charge in [0, 0.05) is 13.1 Å². The number of aliphatic hydroxyl groups is 1. The third-order valence-electron chi connectivity index (χ3n) is 2.47. The second kappa shape index (κ2) is 4.49. The first-order valence-electron chi connectivity index (χ1n) is 4.75. The lowest BCUT2D eigenvalue weighted by Gasteiger charge is -2.39. The number of likely N-dealkylation sites (tertiary alicyclic amines) is 1. The Balaban J connectivity index is 2.50. The molecule has 0 bridgehead atoms. The summed E-state index contributed by atoms with van der Waals surface area (Å²) in [5.41, 5.74) is -0.733. The SMILES string of the molecule is CCOC(=O)N1CCC(C)(O)C(Br)C1. The van der Waals surface area contributed by atoms with Gasteiger partial charge in [0.15, 0.2) is 0 Å². The van der Waals surface area contributed by atoms with Gasteiger partial charge in [-0.05, 0) is 20.3 Å². The van der Waals surface area contributed by atoms with Crippen LogP contribution in [0.2, 0.25) is 0 Å². The van der Waals surface area contributed by atoms with Crippen molar-refractivity contribution in [2.24, 2.45) is 0 Å². The molecule has 5 heteroatoms. The molecule has 1 aliphatic rings. The van der Waals surface area contributed by atoms with Gasteiger partial charge in [0.05, 0.1) is 17.0 Å². The van der Waals surface area contributed by atoms with Gasteiger partial charge in [-0.2, -0.15) is 0 Å². The fourth-order valence-electron chi connectivity index (χ4n) is 1.38. The quantitative estimate of drug-likeness (QED) is 0.729. The summed E-state index contributed by atoms with van der Waals surface area (Å²) < 4.78 is 4.88. The number of nitrogens with zero attached hydrogens (tertiary/aromatic N) is 1. The zero-order valence-electron chi connectivity index (χ0n) is 8.49. The molecule has 1 aliphatic heterocycles. The normalized spacial score (nSPS) is 32.9. The van der Waals surface area contributed by atoms with Crippen LogP contribution in [0.5, 0.6) is 0 Å². The van der Waals surface area contributed by atoms with Crippen LogP contribution in [-0.4, -0.2) is 46.2 Å². The van der Waals surface area contributed by atoms with Crippen LogP contribution < -0.4 is 0 Å². The number of piperidine rings is 1. The minimum Gasteiger partial charge on any atom is -0.450 e. The van der Waals surface area contributed by atoms with Crippen LogP contribution in [0.25, 0.3) is 0 Å². The van der Waals surface area contributed by atoms with Crippen LogP contribution >= 0.6 is 15.9 Å². The fourth-order valence-corrected chi connectivity index (χ4v) is 1.96. The van der Waals surface area contributed by atoms with E-state index in [0.29, 0.717) is 26.1 Å². The lowest BCUT2D eigenvalue weighted by atomic mass is 9.94. The second-order valence-electron chi connectivity index (χ2n) is 3.72. The predicted octanol–water partition coefficient (Wildman–Crippen LogP) is 1.36. The Hall–Kier alpha value is -0.290. The highest BCUT2D eigenvalue weighted by atomic mass is 79.9. The Bertz CT molecular complexity index is 220. The molecular weight excluding hydrogens is 250 g/mol. The van der Waals surface area contributed by atoms with Crippen molar-refractivity contribution in [3.63, 3.8) is 0 Å². The van der Waals surface area contributed by atoms with E-state index < -0.39 is 5.60 Å². The van der Waals surface area contributed by atoms with Gasteiger partial charge in [-0.1, -0.05) is 15.9 Å². The second-order valence-corrected chi connectivity index (χ2v) is 4.82. The molecule has 82 valence electrons. The molecule has 14 heavy (non-hydrogen) atoms. The molecule has 0 radical (unpaired) electrons. The topological polar surface area (TPSA) is 49.8 Å². The minimum atomic E-state index is -0.733. The highest BCUT2D eigenvalue weighted by molar-refractivity contribution is 9.09. The van der Waals surface area contributed by atoms with E-state index in [4.69, 9.17) is 4.74 Å². The molecule has 0 aromatic rings. The molecule has 0 aromatic carbocycles. The number of halogens is 1. The molecule has 2 atom stereocenters. The molecule has 0 spiro atoms. The van der Waals surface area contributed by atoms with Crippen molar-refractivity contribution < 1.29 is 14.6 Å². The van der Waals surface area contributed by atoms with Crippen molar-refractivity contribution in [2.45, 2.75) is 30.7 Å². The van der Waals surface area contributed by atoms with E-state index in [1.807, 2.05) is 0 Å². The molecule has 2 unspecified atom stereocenters. The van der Waals surface area contributed by atoms with Crippen LogP contribution in [0.3, 0.4) is 0 Å². The first kappa shape index (κ1) is 11.8. The van der Waals surface area contributed by atoms with Gasteiger partial charge in [0.2, 0.25) is 0 Å². The number of amides is 1. The molecule has 0 aromatic heterocycles. The van der Waals surface area contributed by atoms with Crippen molar-refractivity contribution in [2.75, 3.05) is 19.7 Å². The fraction of sp³-hybridized carbons (Fsp3) is 0.889. The molecule has 1 heterocycles. The van der Waals surface area contributed by atoms with Gasteiger partial charge in [0.1, 0.15) is 0 Å². The van der Waals surface area contributed by atoms with E-state index in [1.165, 1.54) is 0 Å². The van der Waals surface area contributed by atoms with Gasteiger partial charge in [-0.3, -0.25) is 0 Å². The monoisotopic (exact) mass is 265 g/mol. The summed E-state index contributed by atoms with van der Waals surface area (Å²) in [6.07, 6.45) is 0.273. The molecule has 4 nitrogen and oxygen atoms in total. The van der Waals surface area contributed by atoms with Crippen LogP contribution in [-0.2, 0) is 4.74 Å². The van der Waals surface area contributed by atoms with Gasteiger partial charge >= 0.3 is 6.09 Å². The molecule has 1 fully saturated rings. The third-order valence-corrected chi connectivity index (χ3v) is 3.75. The Kier molecular flexibility index (Phi) is 3.78. The first-order chi connectivity index (χ1) is 6.47. The highest BCUT2D eigenvalue weighted by Crippen LogP contribution is 2.27. The number of hydrogen-bond donors (Lipinski definition) is 1. The number of hydrogen-bond acceptors (Lipinski definition) is 3. The highest BCUT2D eigenvalue weighted by Gasteiger charge is 2.37. The van der Waals surface area contributed by atoms with Crippen molar-refractivity contribution in [1.29, 1.82) is 0 Å². The van der Waals surface area contributed by atoms with Crippen LogP contribution in [0.15, 0.2) is 0 Å². The maximum absolute atomic E-state index is 11.4. The van der Waals surface area contributed by atoms with E-state index >= 15 is 0 Å². The lowest BCUT2D eigenvalue weighted by Crippen LogP contribution is -2.52. The molecule has 0 aliphatic carbocycles. The smallest absolute Gasteiger partial charge is 0.409 e. The largest absolute Gasteiger partial charge is 0.450 e. The van der Waals surface area contributed by atoms with E-state index in [2.05, 4.69) is 15.9 Å². The summed E-state index contributed by atoms with van der Waals surface area (Å²) in [5.74, 6) is 0. The maximum Gasteiger partial charge on any atom is 0.409 e. The summed E-state index contributed by atoms with van der Waals surface area (Å²) in [7, 11) is 0. The van der Waals surface area contributed by atoms with Gasteiger partial charge in [-0.15, -0.1) is 0 Å². The number of ether oxygens (including phenoxy) is 1. The zero-order valence-corrected chi connectivity index (χ0v) is 10.1. The Morgan fingerprint density at radius 1 is 1.79 bits per heavy atom. The average molecular weight is 266 g/mol. The number of carbonyl (C=O) groups is 1. The van der Waals surface area contributed by atoms with E-state index in [9.17, 15) is 9.90 Å². The lowest BCUT2D eigenvalue weighted by molar-refractivity contribution is 0.00262. The Morgan fingerprint density at radius 3 is 2.93 bits per heavy atom. The number of rotatable bonds is 1. The summed E-state index contributed by atoms with van der Waals surface area (Å²) in [6, 6.07) is 0.